The van der Waals surface area contributed by atoms with Gasteiger partial charge < -0.3 is 15.8 Å². The van der Waals surface area contributed by atoms with Crippen molar-refractivity contribution in [2.45, 2.75) is 19.4 Å². The number of nitrogens with two attached hydrogens (primary N) is 1. The molecule has 0 aliphatic heterocycles. The summed E-state index contributed by atoms with van der Waals surface area (Å²) in [5.41, 5.74) is 4.50. The quantitative estimate of drug-likeness (QED) is 0.465. The van der Waals surface area contributed by atoms with Crippen LogP contribution in [0.25, 0.3) is 0 Å². The van der Waals surface area contributed by atoms with E-state index in [-0.39, 0.29) is 12.6 Å². The van der Waals surface area contributed by atoms with E-state index in [0.717, 1.165) is 11.1 Å². The van der Waals surface area contributed by atoms with Gasteiger partial charge in [-0.2, -0.15) is 0 Å². The number of nitrogens with one attached hydrogen (secondary N) is 2. The number of hydrazine groups is 1. The molecular formula is C14H19N5O. The minimum absolute atomic E-state index is 0.0176. The Kier molecular flexibility index (Phi) is 4.86. The van der Waals surface area contributed by atoms with Crippen LogP contribution in [-0.4, -0.2) is 27.7 Å². The Labute approximate surface area is 118 Å². The Hall–Kier alpha value is -2.18. The summed E-state index contributed by atoms with van der Waals surface area (Å²) in [5.74, 6) is 6.63. The maximum absolute atomic E-state index is 9.52. The van der Waals surface area contributed by atoms with Gasteiger partial charge in [-0.3, -0.25) is 0 Å². The molecule has 0 radical (unpaired) electrons. The Balaban J connectivity index is 2.10. The highest BCUT2D eigenvalue weighted by Gasteiger charge is 2.12. The fourth-order valence-corrected chi connectivity index (χ4v) is 1.99. The topological polar surface area (TPSA) is 96.1 Å². The molecule has 1 aromatic heterocycles. The van der Waals surface area contributed by atoms with E-state index in [1.165, 1.54) is 6.33 Å². The van der Waals surface area contributed by atoms with Crippen LogP contribution in [0, 0.1) is 6.92 Å². The Bertz CT molecular complexity index is 547. The highest BCUT2D eigenvalue weighted by Crippen LogP contribution is 2.18. The Morgan fingerprint density at radius 3 is 2.55 bits per heavy atom. The van der Waals surface area contributed by atoms with E-state index in [0.29, 0.717) is 18.1 Å². The van der Waals surface area contributed by atoms with E-state index in [4.69, 9.17) is 5.84 Å². The number of rotatable bonds is 6. The summed E-state index contributed by atoms with van der Waals surface area (Å²) in [4.78, 5) is 8.21. The van der Waals surface area contributed by atoms with Crippen molar-refractivity contribution in [2.75, 3.05) is 17.3 Å². The van der Waals surface area contributed by atoms with Gasteiger partial charge in [0.05, 0.1) is 12.6 Å². The smallest absolute Gasteiger partial charge is 0.148 e. The molecule has 0 aliphatic carbocycles. The predicted octanol–water partition coefficient (Wildman–Crippen LogP) is 1.09. The van der Waals surface area contributed by atoms with Crippen molar-refractivity contribution in [2.24, 2.45) is 5.84 Å². The standard InChI is InChI=1S/C14H19N5O/c1-10-13(16-9-17-14(10)19-15)18-12(8-20)7-11-5-3-2-4-6-11/h2-6,9,12,20H,7-8,15H2,1H3,(H2,16,17,18,19). The lowest BCUT2D eigenvalue weighted by atomic mass is 10.1. The van der Waals surface area contributed by atoms with Crippen molar-refractivity contribution in [3.05, 3.63) is 47.8 Å². The normalized spacial score (nSPS) is 11.9. The van der Waals surface area contributed by atoms with Gasteiger partial charge in [-0.25, -0.2) is 15.8 Å². The Morgan fingerprint density at radius 1 is 1.20 bits per heavy atom. The van der Waals surface area contributed by atoms with Crippen LogP contribution in [0.3, 0.4) is 0 Å². The van der Waals surface area contributed by atoms with Gasteiger partial charge in [0.15, 0.2) is 0 Å². The van der Waals surface area contributed by atoms with E-state index in [1.54, 1.807) is 0 Å². The van der Waals surface area contributed by atoms with E-state index in [1.807, 2.05) is 37.3 Å². The third kappa shape index (κ3) is 3.43. The lowest BCUT2D eigenvalue weighted by Crippen LogP contribution is -2.27. The molecule has 1 atom stereocenters. The van der Waals surface area contributed by atoms with Crippen LogP contribution in [0.4, 0.5) is 11.6 Å². The highest BCUT2D eigenvalue weighted by atomic mass is 16.3. The third-order valence-electron chi connectivity index (χ3n) is 3.11. The molecule has 0 spiro atoms. The lowest BCUT2D eigenvalue weighted by Gasteiger charge is -2.19. The maximum atomic E-state index is 9.52. The van der Waals surface area contributed by atoms with E-state index in [2.05, 4.69) is 20.7 Å². The molecule has 0 amide bonds. The Morgan fingerprint density at radius 2 is 1.90 bits per heavy atom. The van der Waals surface area contributed by atoms with Crippen LogP contribution in [-0.2, 0) is 6.42 Å². The fourth-order valence-electron chi connectivity index (χ4n) is 1.99. The molecule has 2 aromatic rings. The number of nitrogen functional groups attached to an aromatic ring is 1. The van der Waals surface area contributed by atoms with Gasteiger partial charge in [0.25, 0.3) is 0 Å². The zero-order valence-corrected chi connectivity index (χ0v) is 11.4. The average Bonchev–Trinajstić information content (AvgIpc) is 2.49. The van der Waals surface area contributed by atoms with Crippen molar-refractivity contribution in [1.29, 1.82) is 0 Å². The molecule has 1 unspecified atom stereocenters. The molecular weight excluding hydrogens is 254 g/mol. The fraction of sp³-hybridized carbons (Fsp3) is 0.286. The average molecular weight is 273 g/mol. The van der Waals surface area contributed by atoms with Gasteiger partial charge in [-0.15, -0.1) is 0 Å². The predicted molar refractivity (Wildman–Crippen MR) is 79.2 cm³/mol. The molecule has 2 rings (SSSR count). The summed E-state index contributed by atoms with van der Waals surface area (Å²) in [7, 11) is 0. The van der Waals surface area contributed by atoms with Gasteiger partial charge in [0.1, 0.15) is 18.0 Å². The highest BCUT2D eigenvalue weighted by molar-refractivity contribution is 5.56. The van der Waals surface area contributed by atoms with Crippen LogP contribution in [0.15, 0.2) is 36.7 Å². The zero-order chi connectivity index (χ0) is 14.4. The second-order valence-electron chi connectivity index (χ2n) is 4.55. The summed E-state index contributed by atoms with van der Waals surface area (Å²) in [6.45, 7) is 1.89. The molecule has 106 valence electrons. The summed E-state index contributed by atoms with van der Waals surface area (Å²) in [6, 6.07) is 9.88. The first-order valence-corrected chi connectivity index (χ1v) is 6.44. The SMILES string of the molecule is Cc1c(NN)ncnc1NC(CO)Cc1ccccc1. The van der Waals surface area contributed by atoms with Gasteiger partial charge >= 0.3 is 0 Å². The molecule has 0 saturated carbocycles. The second kappa shape index (κ2) is 6.83. The van der Waals surface area contributed by atoms with Crippen LogP contribution in [0.1, 0.15) is 11.1 Å². The van der Waals surface area contributed by atoms with Gasteiger partial charge in [-0.05, 0) is 18.9 Å². The first-order chi connectivity index (χ1) is 9.74. The molecule has 0 aliphatic rings. The molecule has 6 nitrogen and oxygen atoms in total. The number of aliphatic hydroxyl groups is 1. The minimum Gasteiger partial charge on any atom is -0.394 e. The van der Waals surface area contributed by atoms with E-state index < -0.39 is 0 Å². The van der Waals surface area contributed by atoms with E-state index >= 15 is 0 Å². The molecule has 6 heteroatoms. The number of aliphatic hydroxyl groups excluding tert-OH is 1. The largest absolute Gasteiger partial charge is 0.394 e. The van der Waals surface area contributed by atoms with Crippen LogP contribution in [0.2, 0.25) is 0 Å². The van der Waals surface area contributed by atoms with Gasteiger partial charge in [0, 0.05) is 5.56 Å². The van der Waals surface area contributed by atoms with Crippen molar-refractivity contribution < 1.29 is 5.11 Å². The summed E-state index contributed by atoms with van der Waals surface area (Å²) in [6.07, 6.45) is 2.15. The molecule has 1 heterocycles. The van der Waals surface area contributed by atoms with Crippen molar-refractivity contribution >= 4 is 11.6 Å². The summed E-state index contributed by atoms with van der Waals surface area (Å²) < 4.78 is 0. The molecule has 5 N–H and O–H groups in total. The molecule has 1 aromatic carbocycles. The summed E-state index contributed by atoms with van der Waals surface area (Å²) >= 11 is 0. The van der Waals surface area contributed by atoms with Crippen molar-refractivity contribution in [3.8, 4) is 0 Å². The number of nitrogens with zero attached hydrogens (tertiary/aromatic N) is 2. The zero-order valence-electron chi connectivity index (χ0n) is 11.4. The molecule has 20 heavy (non-hydrogen) atoms. The number of anilines is 2. The minimum atomic E-state index is -0.114. The van der Waals surface area contributed by atoms with Gasteiger partial charge in [-0.1, -0.05) is 30.3 Å². The van der Waals surface area contributed by atoms with Gasteiger partial charge in [0.2, 0.25) is 0 Å². The lowest BCUT2D eigenvalue weighted by molar-refractivity contribution is 0.273. The van der Waals surface area contributed by atoms with Crippen LogP contribution in [0.5, 0.6) is 0 Å². The monoisotopic (exact) mass is 273 g/mol. The second-order valence-corrected chi connectivity index (χ2v) is 4.55. The van der Waals surface area contributed by atoms with Crippen LogP contribution < -0.4 is 16.6 Å². The summed E-state index contributed by atoms with van der Waals surface area (Å²) in [5, 5.41) is 12.7. The number of benzene rings is 1. The third-order valence-corrected chi connectivity index (χ3v) is 3.11. The van der Waals surface area contributed by atoms with Crippen LogP contribution >= 0.6 is 0 Å². The first kappa shape index (κ1) is 14.2. The number of hydrogen-bond donors (Lipinski definition) is 4. The molecule has 0 fully saturated rings. The maximum Gasteiger partial charge on any atom is 0.148 e. The van der Waals surface area contributed by atoms with Crippen molar-refractivity contribution in [3.63, 3.8) is 0 Å². The number of aromatic nitrogens is 2. The van der Waals surface area contributed by atoms with Crippen molar-refractivity contribution in [1.82, 2.24) is 9.97 Å². The van der Waals surface area contributed by atoms with E-state index in [9.17, 15) is 5.11 Å². The number of hydrogen-bond acceptors (Lipinski definition) is 6. The molecule has 0 saturated heterocycles. The molecule has 0 bridgehead atoms. The first-order valence-electron chi connectivity index (χ1n) is 6.44.